The Morgan fingerprint density at radius 1 is 0.887 bits per heavy atom. The fourth-order valence-electron chi connectivity index (χ4n) is 8.65. The van der Waals surface area contributed by atoms with Crippen molar-refractivity contribution in [3.63, 3.8) is 0 Å². The molecule has 0 unspecified atom stereocenters. The predicted molar refractivity (Wildman–Crippen MR) is 251 cm³/mol. The number of amides is 5. The number of carbonyl (C=O) groups excluding carboxylic acids is 5. The number of methoxy groups -OCH3 is 2. The van der Waals surface area contributed by atoms with Gasteiger partial charge in [0.2, 0.25) is 29.5 Å². The maximum absolute atomic E-state index is 14.4. The minimum atomic E-state index is -0.915. The van der Waals surface area contributed by atoms with Gasteiger partial charge in [-0.15, -0.1) is 0 Å². The summed E-state index contributed by atoms with van der Waals surface area (Å²) in [6, 6.07) is 10.1. The third-order valence-corrected chi connectivity index (χ3v) is 12.9. The van der Waals surface area contributed by atoms with Crippen molar-refractivity contribution < 1.29 is 33.4 Å². The van der Waals surface area contributed by atoms with Crippen molar-refractivity contribution in [3.8, 4) is 0 Å². The molecule has 1 aromatic carbocycles. The number of pyridine rings is 1. The molecule has 16 heteroatoms. The highest BCUT2D eigenvalue weighted by atomic mass is 127. The normalized spacial score (nSPS) is 18.0. The van der Waals surface area contributed by atoms with Crippen molar-refractivity contribution >= 4 is 58.1 Å². The zero-order chi connectivity index (χ0) is 46.3. The van der Waals surface area contributed by atoms with Crippen molar-refractivity contribution in [1.82, 2.24) is 35.6 Å². The van der Waals surface area contributed by atoms with Gasteiger partial charge >= 0.3 is 0 Å². The van der Waals surface area contributed by atoms with E-state index in [2.05, 4.69) is 47.3 Å². The second kappa shape index (κ2) is 25.4. The Kier molecular flexibility index (Phi) is 21.5. The quantitative estimate of drug-likeness (QED) is 0.0843. The lowest BCUT2D eigenvalue weighted by molar-refractivity contribution is -0.148. The summed E-state index contributed by atoms with van der Waals surface area (Å²) in [4.78, 5) is 79.7. The number of anilines is 1. The number of nitrogens with zero attached hydrogens (tertiary/aromatic N) is 4. The molecule has 346 valence electrons. The van der Waals surface area contributed by atoms with Gasteiger partial charge in [-0.25, -0.2) is 0 Å². The molecule has 0 spiro atoms. The van der Waals surface area contributed by atoms with E-state index in [1.54, 1.807) is 43.1 Å². The zero-order valence-corrected chi connectivity index (χ0v) is 41.1. The summed E-state index contributed by atoms with van der Waals surface area (Å²) in [6.45, 7) is 14.4. The molecule has 1 saturated heterocycles. The molecule has 0 radical (unpaired) electrons. The molecule has 1 aliphatic heterocycles. The van der Waals surface area contributed by atoms with Crippen LogP contribution in [0.25, 0.3) is 0 Å². The largest absolute Gasteiger partial charge is 0.379 e. The smallest absolute Gasteiger partial charge is 0.245 e. The van der Waals surface area contributed by atoms with Crippen molar-refractivity contribution in [3.05, 3.63) is 59.9 Å². The number of ether oxygens (including phenoxy) is 2. The third-order valence-electron chi connectivity index (χ3n) is 12.2. The maximum atomic E-state index is 14.4. The van der Waals surface area contributed by atoms with Gasteiger partial charge in [0.15, 0.2) is 0 Å². The minimum absolute atomic E-state index is 0.00493. The summed E-state index contributed by atoms with van der Waals surface area (Å²) in [5.41, 5.74) is 2.50. The lowest BCUT2D eigenvalue weighted by atomic mass is 9.89. The standard InChI is InChI=1S/C46H73IN8O7/c1-13-30(6)41(54(10)46(60)39(28(2)3)51-45(59)40(29(4)5)53(8)9)37(61-11)26-38(56)55-24-16-18-36(55)42(62-12)31(7)43(57)50-35(25-34-17-14-15-23-48-34)44(58)49-27-32-19-21-33(52-47)22-20-32/h14-15,17,19-23,28-31,35-37,39-42,52H,13,16,18,24-27H2,1-12H3,(H,49,58)(H,50,57)(H,51,59)/t30-,31+,35+,36-,37+,39-,40-,41-,42+/m0/s1. The zero-order valence-electron chi connectivity index (χ0n) is 38.9. The van der Waals surface area contributed by atoms with Crippen LogP contribution in [0.3, 0.4) is 0 Å². The second-order valence-electron chi connectivity index (χ2n) is 17.6. The van der Waals surface area contributed by atoms with Gasteiger partial charge in [-0.2, -0.15) is 0 Å². The average Bonchev–Trinajstić information content (AvgIpc) is 3.73. The number of benzene rings is 1. The Morgan fingerprint density at radius 2 is 1.56 bits per heavy atom. The summed E-state index contributed by atoms with van der Waals surface area (Å²) >= 11 is 2.06. The molecule has 1 aliphatic rings. The number of rotatable bonds is 24. The van der Waals surface area contributed by atoms with Crippen molar-refractivity contribution in [2.45, 2.75) is 130 Å². The second-order valence-corrected chi connectivity index (χ2v) is 18.1. The summed E-state index contributed by atoms with van der Waals surface area (Å²) in [5, 5.41) is 8.99. The highest BCUT2D eigenvalue weighted by Crippen LogP contribution is 2.30. The third kappa shape index (κ3) is 14.3. The number of carbonyl (C=O) groups is 5. The lowest BCUT2D eigenvalue weighted by Gasteiger charge is -2.41. The van der Waals surface area contributed by atoms with Crippen molar-refractivity contribution in [2.75, 3.05) is 45.4 Å². The number of hydrogen-bond acceptors (Lipinski definition) is 10. The fourth-order valence-corrected chi connectivity index (χ4v) is 9.01. The first-order valence-corrected chi connectivity index (χ1v) is 23.0. The molecule has 62 heavy (non-hydrogen) atoms. The van der Waals surface area contributed by atoms with Crippen LogP contribution >= 0.6 is 22.9 Å². The van der Waals surface area contributed by atoms with Crippen LogP contribution in [0.4, 0.5) is 5.69 Å². The van der Waals surface area contributed by atoms with Crippen LogP contribution in [0.5, 0.6) is 0 Å². The lowest BCUT2D eigenvalue weighted by Crippen LogP contribution is -2.59. The van der Waals surface area contributed by atoms with Crippen molar-refractivity contribution in [1.29, 1.82) is 0 Å². The number of nitrogens with one attached hydrogen (secondary N) is 4. The van der Waals surface area contributed by atoms with Gasteiger partial charge in [-0.1, -0.05) is 73.1 Å². The summed E-state index contributed by atoms with van der Waals surface area (Å²) in [6.07, 6.45) is 2.55. The molecule has 4 N–H and O–H groups in total. The number of hydrogen-bond donors (Lipinski definition) is 4. The van der Waals surface area contributed by atoms with E-state index in [-0.39, 0.29) is 66.7 Å². The predicted octanol–water partition coefficient (Wildman–Crippen LogP) is 4.83. The van der Waals surface area contributed by atoms with Crippen LogP contribution in [-0.4, -0.2) is 134 Å². The molecule has 0 saturated carbocycles. The molecule has 1 fully saturated rings. The minimum Gasteiger partial charge on any atom is -0.379 e. The molecule has 3 rings (SSSR count). The number of halogens is 1. The van der Waals surface area contributed by atoms with E-state index in [0.29, 0.717) is 18.7 Å². The van der Waals surface area contributed by atoms with Crippen LogP contribution in [0.2, 0.25) is 0 Å². The van der Waals surface area contributed by atoms with Crippen LogP contribution in [0.1, 0.15) is 85.4 Å². The van der Waals surface area contributed by atoms with Crippen LogP contribution in [0, 0.1) is 23.7 Å². The van der Waals surface area contributed by atoms with E-state index in [4.69, 9.17) is 9.47 Å². The van der Waals surface area contributed by atoms with Gasteiger partial charge in [0, 0.05) is 58.4 Å². The summed E-state index contributed by atoms with van der Waals surface area (Å²) in [5.74, 6) is -2.29. The van der Waals surface area contributed by atoms with Crippen LogP contribution in [0.15, 0.2) is 48.7 Å². The molecular weight excluding hydrogens is 903 g/mol. The molecule has 0 aliphatic carbocycles. The summed E-state index contributed by atoms with van der Waals surface area (Å²) in [7, 11) is 8.53. The van der Waals surface area contributed by atoms with E-state index in [1.807, 2.05) is 96.9 Å². The first-order valence-electron chi connectivity index (χ1n) is 21.9. The first-order chi connectivity index (χ1) is 29.4. The van der Waals surface area contributed by atoms with Crippen LogP contribution in [-0.2, 0) is 46.4 Å². The molecule has 0 bridgehead atoms. The van der Waals surface area contributed by atoms with Gasteiger partial charge in [-0.3, -0.25) is 33.9 Å². The van der Waals surface area contributed by atoms with Gasteiger partial charge < -0.3 is 38.8 Å². The van der Waals surface area contributed by atoms with E-state index in [0.717, 1.165) is 24.1 Å². The molecule has 5 amide bonds. The highest BCUT2D eigenvalue weighted by molar-refractivity contribution is 14.1. The molecule has 2 heterocycles. The van der Waals surface area contributed by atoms with Gasteiger partial charge in [0.25, 0.3) is 0 Å². The average molecular weight is 977 g/mol. The molecule has 15 nitrogen and oxygen atoms in total. The Bertz CT molecular complexity index is 1730. The SMILES string of the molecule is CC[C@H](C)[C@@H]([C@@H](CC(=O)N1CCC[C@H]1[C@H](OC)[C@@H](C)C(=O)N[C@H](Cc1ccccn1)C(=O)NCc1ccc(NI)cc1)OC)N(C)C(=O)[C@@H](NC(=O)[C@H](C(C)C)N(C)C)C(C)C. The van der Waals surface area contributed by atoms with E-state index in [1.165, 1.54) is 7.11 Å². The highest BCUT2D eigenvalue weighted by Gasteiger charge is 2.43. The molecule has 1 aromatic heterocycles. The maximum Gasteiger partial charge on any atom is 0.245 e. The number of likely N-dealkylation sites (N-methyl/N-ethyl adjacent to an activating group) is 2. The van der Waals surface area contributed by atoms with E-state index in [9.17, 15) is 24.0 Å². The Labute approximate surface area is 384 Å². The Balaban J connectivity index is 1.79. The number of aromatic nitrogens is 1. The monoisotopic (exact) mass is 976 g/mol. The van der Waals surface area contributed by atoms with E-state index < -0.39 is 48.3 Å². The van der Waals surface area contributed by atoms with Gasteiger partial charge in [-0.05, 0) is 74.5 Å². The Hall–Kier alpha value is -3.87. The topological polar surface area (TPSA) is 175 Å². The Morgan fingerprint density at radius 3 is 2.10 bits per heavy atom. The summed E-state index contributed by atoms with van der Waals surface area (Å²) < 4.78 is 15.1. The fraction of sp³-hybridized carbons (Fsp3) is 0.652. The number of likely N-dealkylation sites (tertiary alicyclic amines) is 1. The van der Waals surface area contributed by atoms with E-state index >= 15 is 0 Å². The molecule has 2 aromatic rings. The van der Waals surface area contributed by atoms with Gasteiger partial charge in [0.05, 0.1) is 65.5 Å². The molecule has 9 atom stereocenters. The van der Waals surface area contributed by atoms with Crippen LogP contribution < -0.4 is 19.5 Å². The van der Waals surface area contributed by atoms with Gasteiger partial charge in [0.1, 0.15) is 12.1 Å². The first kappa shape index (κ1) is 52.5. The van der Waals surface area contributed by atoms with Crippen molar-refractivity contribution in [2.24, 2.45) is 23.7 Å². The molecular formula is C46H73IN8O7.